The second kappa shape index (κ2) is 6.18. The van der Waals surface area contributed by atoms with Crippen molar-refractivity contribution in [1.29, 1.82) is 0 Å². The molecular formula is C16H22FNO. The van der Waals surface area contributed by atoms with Gasteiger partial charge in [0.2, 0.25) is 0 Å². The van der Waals surface area contributed by atoms with Crippen LogP contribution in [0.3, 0.4) is 0 Å². The fraction of sp³-hybridized carbons (Fsp3) is 0.562. The molecule has 1 atom stereocenters. The number of likely N-dealkylation sites (tertiary alicyclic amines) is 1. The van der Waals surface area contributed by atoms with E-state index in [0.717, 1.165) is 32.2 Å². The van der Waals surface area contributed by atoms with E-state index in [4.69, 9.17) is 0 Å². The Hall–Kier alpha value is -1.38. The van der Waals surface area contributed by atoms with Crippen LogP contribution in [0, 0.1) is 12.7 Å². The Kier molecular flexibility index (Phi) is 4.56. The minimum atomic E-state index is -0.367. The Bertz CT molecular complexity index is 456. The second-order valence-electron chi connectivity index (χ2n) is 5.37. The highest BCUT2D eigenvalue weighted by Crippen LogP contribution is 2.24. The number of carbonyl (C=O) groups excluding carboxylic acids is 1. The minimum Gasteiger partial charge on any atom is -0.336 e. The van der Waals surface area contributed by atoms with Crippen LogP contribution >= 0.6 is 0 Å². The number of nitrogens with zero attached hydrogens (tertiary/aromatic N) is 1. The molecule has 104 valence electrons. The third kappa shape index (κ3) is 2.96. The van der Waals surface area contributed by atoms with Gasteiger partial charge in [0.15, 0.2) is 0 Å². The van der Waals surface area contributed by atoms with E-state index < -0.39 is 0 Å². The molecule has 1 aromatic carbocycles. The summed E-state index contributed by atoms with van der Waals surface area (Å²) in [5.74, 6) is -0.507. The van der Waals surface area contributed by atoms with Gasteiger partial charge in [-0.25, -0.2) is 4.39 Å². The maximum Gasteiger partial charge on any atom is 0.257 e. The first-order valence-corrected chi connectivity index (χ1v) is 7.21. The summed E-state index contributed by atoms with van der Waals surface area (Å²) in [4.78, 5) is 14.4. The summed E-state index contributed by atoms with van der Waals surface area (Å²) in [5, 5.41) is 0. The molecule has 3 heteroatoms. The molecule has 0 bridgehead atoms. The van der Waals surface area contributed by atoms with Gasteiger partial charge in [-0.2, -0.15) is 0 Å². The lowest BCUT2D eigenvalue weighted by atomic mass is 9.97. The van der Waals surface area contributed by atoms with E-state index in [1.807, 2.05) is 4.90 Å². The van der Waals surface area contributed by atoms with E-state index in [0.29, 0.717) is 5.56 Å². The first kappa shape index (κ1) is 14.0. The van der Waals surface area contributed by atoms with Gasteiger partial charge < -0.3 is 4.90 Å². The van der Waals surface area contributed by atoms with Gasteiger partial charge in [0.25, 0.3) is 5.91 Å². The number of amides is 1. The van der Waals surface area contributed by atoms with Crippen LogP contribution in [0.5, 0.6) is 0 Å². The topological polar surface area (TPSA) is 20.3 Å². The summed E-state index contributed by atoms with van der Waals surface area (Å²) in [6.45, 7) is 4.59. The molecule has 0 N–H and O–H groups in total. The number of hydrogen-bond acceptors (Lipinski definition) is 1. The summed E-state index contributed by atoms with van der Waals surface area (Å²) in [6.07, 6.45) is 5.32. The number of aryl methyl sites for hydroxylation is 1. The van der Waals surface area contributed by atoms with Gasteiger partial charge >= 0.3 is 0 Å². The van der Waals surface area contributed by atoms with Crippen molar-refractivity contribution in [1.82, 2.24) is 4.90 Å². The smallest absolute Gasteiger partial charge is 0.257 e. The maximum atomic E-state index is 14.1. The number of piperidine rings is 1. The van der Waals surface area contributed by atoms with Crippen LogP contribution in [0.25, 0.3) is 0 Å². The van der Waals surface area contributed by atoms with Gasteiger partial charge in [-0.15, -0.1) is 0 Å². The molecule has 0 saturated carbocycles. The highest BCUT2D eigenvalue weighted by Gasteiger charge is 2.28. The van der Waals surface area contributed by atoms with Crippen LogP contribution in [0.15, 0.2) is 18.2 Å². The number of benzene rings is 1. The molecule has 19 heavy (non-hydrogen) atoms. The summed E-state index contributed by atoms with van der Waals surface area (Å²) in [7, 11) is 0. The number of hydrogen-bond donors (Lipinski definition) is 0. The summed E-state index contributed by atoms with van der Waals surface area (Å²) in [5.41, 5.74) is 0.762. The molecule has 1 aliphatic rings. The van der Waals surface area contributed by atoms with Crippen LogP contribution in [-0.4, -0.2) is 23.4 Å². The molecule has 0 radical (unpaired) electrons. The van der Waals surface area contributed by atoms with Crippen LogP contribution < -0.4 is 0 Å². The largest absolute Gasteiger partial charge is 0.336 e. The highest BCUT2D eigenvalue weighted by atomic mass is 19.1. The van der Waals surface area contributed by atoms with E-state index in [1.165, 1.54) is 6.42 Å². The fourth-order valence-electron chi connectivity index (χ4n) is 2.87. The van der Waals surface area contributed by atoms with Gasteiger partial charge in [0.05, 0.1) is 5.56 Å². The van der Waals surface area contributed by atoms with Crippen LogP contribution in [0.2, 0.25) is 0 Å². The van der Waals surface area contributed by atoms with Crippen molar-refractivity contribution in [3.8, 4) is 0 Å². The number of halogens is 1. The van der Waals surface area contributed by atoms with E-state index in [-0.39, 0.29) is 23.3 Å². The summed E-state index contributed by atoms with van der Waals surface area (Å²) < 4.78 is 14.1. The molecule has 2 nitrogen and oxygen atoms in total. The third-order valence-corrected chi connectivity index (χ3v) is 3.93. The molecule has 1 saturated heterocycles. The van der Waals surface area contributed by atoms with Gasteiger partial charge in [-0.1, -0.05) is 25.5 Å². The summed E-state index contributed by atoms with van der Waals surface area (Å²) >= 11 is 0. The van der Waals surface area contributed by atoms with Gasteiger partial charge in [0.1, 0.15) is 5.82 Å². The lowest BCUT2D eigenvalue weighted by Crippen LogP contribution is -2.44. The van der Waals surface area contributed by atoms with Crippen molar-refractivity contribution in [2.45, 2.75) is 52.0 Å². The zero-order valence-electron chi connectivity index (χ0n) is 11.8. The highest BCUT2D eigenvalue weighted by molar-refractivity contribution is 5.95. The second-order valence-corrected chi connectivity index (χ2v) is 5.37. The van der Waals surface area contributed by atoms with Crippen molar-refractivity contribution in [3.05, 3.63) is 35.1 Å². The third-order valence-electron chi connectivity index (χ3n) is 3.93. The quantitative estimate of drug-likeness (QED) is 0.809. The Morgan fingerprint density at radius 3 is 2.95 bits per heavy atom. The van der Waals surface area contributed by atoms with Gasteiger partial charge in [-0.05, 0) is 44.2 Å². The molecule has 1 heterocycles. The Balaban J connectivity index is 2.23. The molecule has 1 aliphatic heterocycles. The van der Waals surface area contributed by atoms with Crippen LogP contribution in [0.4, 0.5) is 4.39 Å². The first-order chi connectivity index (χ1) is 9.15. The molecule has 0 aromatic heterocycles. The summed E-state index contributed by atoms with van der Waals surface area (Å²) in [6, 6.07) is 5.34. The molecule has 2 rings (SSSR count). The Labute approximate surface area is 114 Å². The predicted octanol–water partition coefficient (Wildman–Crippen LogP) is 3.93. The van der Waals surface area contributed by atoms with E-state index >= 15 is 0 Å². The van der Waals surface area contributed by atoms with Crippen molar-refractivity contribution in [3.63, 3.8) is 0 Å². The fourth-order valence-corrected chi connectivity index (χ4v) is 2.87. The van der Waals surface area contributed by atoms with E-state index in [1.54, 1.807) is 25.1 Å². The first-order valence-electron chi connectivity index (χ1n) is 7.21. The van der Waals surface area contributed by atoms with Crippen molar-refractivity contribution >= 4 is 5.91 Å². The lowest BCUT2D eigenvalue weighted by Gasteiger charge is -2.36. The SMILES string of the molecule is CCCC1CCCCN1C(=O)c1cccc(C)c1F. The Morgan fingerprint density at radius 1 is 1.42 bits per heavy atom. The Morgan fingerprint density at radius 2 is 2.21 bits per heavy atom. The van der Waals surface area contributed by atoms with E-state index in [2.05, 4.69) is 6.92 Å². The standard InChI is InChI=1S/C16H22FNO/c1-3-7-13-9-4-5-11-18(13)16(19)14-10-6-8-12(2)15(14)17/h6,8,10,13H,3-5,7,9,11H2,1-2H3. The monoisotopic (exact) mass is 263 g/mol. The lowest BCUT2D eigenvalue weighted by molar-refractivity contribution is 0.0595. The molecule has 0 aliphatic carbocycles. The normalized spacial score (nSPS) is 19.5. The zero-order valence-corrected chi connectivity index (χ0v) is 11.8. The maximum absolute atomic E-state index is 14.1. The van der Waals surface area contributed by atoms with E-state index in [9.17, 15) is 9.18 Å². The van der Waals surface area contributed by atoms with Crippen LogP contribution in [-0.2, 0) is 0 Å². The van der Waals surface area contributed by atoms with Gasteiger partial charge in [0, 0.05) is 12.6 Å². The molecule has 1 aromatic rings. The average molecular weight is 263 g/mol. The minimum absolute atomic E-state index is 0.139. The molecule has 1 fully saturated rings. The van der Waals surface area contributed by atoms with Crippen molar-refractivity contribution in [2.24, 2.45) is 0 Å². The van der Waals surface area contributed by atoms with Crippen molar-refractivity contribution < 1.29 is 9.18 Å². The molecule has 1 unspecified atom stereocenters. The zero-order chi connectivity index (χ0) is 13.8. The average Bonchev–Trinajstić information content (AvgIpc) is 2.42. The molecule has 1 amide bonds. The number of rotatable bonds is 3. The van der Waals surface area contributed by atoms with Crippen LogP contribution in [0.1, 0.15) is 54.9 Å². The molecular weight excluding hydrogens is 241 g/mol. The predicted molar refractivity (Wildman–Crippen MR) is 74.7 cm³/mol. The number of carbonyl (C=O) groups is 1. The molecule has 0 spiro atoms. The van der Waals surface area contributed by atoms with Gasteiger partial charge in [-0.3, -0.25) is 4.79 Å². The van der Waals surface area contributed by atoms with Crippen molar-refractivity contribution in [2.75, 3.05) is 6.54 Å².